The van der Waals surface area contributed by atoms with Crippen molar-refractivity contribution in [3.05, 3.63) is 87.0 Å². The standard InChI is InChI=1S/C19H14ClIN2O3S/c20-14-3-7-17(8-4-14)23-27(25,26)18-11-9-16(10-12-18)22-19(24)13-1-5-15(21)6-2-13/h1-12,23H,(H,22,24). The van der Waals surface area contributed by atoms with Gasteiger partial charge in [0.2, 0.25) is 0 Å². The smallest absolute Gasteiger partial charge is 0.261 e. The molecule has 0 heterocycles. The van der Waals surface area contributed by atoms with Crippen molar-refractivity contribution in [2.75, 3.05) is 10.0 Å². The number of hydrogen-bond acceptors (Lipinski definition) is 3. The zero-order valence-corrected chi connectivity index (χ0v) is 17.5. The largest absolute Gasteiger partial charge is 0.322 e. The molecule has 3 aromatic rings. The summed E-state index contributed by atoms with van der Waals surface area (Å²) in [5, 5.41) is 3.26. The molecule has 0 saturated carbocycles. The van der Waals surface area contributed by atoms with Gasteiger partial charge in [0, 0.05) is 25.5 Å². The molecule has 0 radical (unpaired) electrons. The summed E-state index contributed by atoms with van der Waals surface area (Å²) in [7, 11) is -3.73. The minimum absolute atomic E-state index is 0.0877. The quantitative estimate of drug-likeness (QED) is 0.473. The van der Waals surface area contributed by atoms with E-state index < -0.39 is 10.0 Å². The fourth-order valence-electron chi connectivity index (χ4n) is 2.25. The first kappa shape index (κ1) is 19.7. The Morgan fingerprint density at radius 1 is 0.815 bits per heavy atom. The fraction of sp³-hybridized carbons (Fsp3) is 0. The van der Waals surface area contributed by atoms with E-state index >= 15 is 0 Å². The Bertz CT molecular complexity index is 1050. The Balaban J connectivity index is 1.71. The second-order valence-corrected chi connectivity index (χ2v) is 8.96. The molecule has 138 valence electrons. The highest BCUT2D eigenvalue weighted by molar-refractivity contribution is 14.1. The predicted molar refractivity (Wildman–Crippen MR) is 116 cm³/mol. The van der Waals surface area contributed by atoms with E-state index in [4.69, 9.17) is 11.6 Å². The van der Waals surface area contributed by atoms with Crippen LogP contribution in [0.3, 0.4) is 0 Å². The number of anilines is 2. The van der Waals surface area contributed by atoms with E-state index in [-0.39, 0.29) is 10.8 Å². The van der Waals surface area contributed by atoms with Gasteiger partial charge in [-0.25, -0.2) is 8.42 Å². The summed E-state index contributed by atoms with van der Waals surface area (Å²) in [6, 6.07) is 19.4. The van der Waals surface area contributed by atoms with Crippen molar-refractivity contribution in [3.63, 3.8) is 0 Å². The van der Waals surface area contributed by atoms with Gasteiger partial charge in [-0.15, -0.1) is 0 Å². The highest BCUT2D eigenvalue weighted by Gasteiger charge is 2.14. The molecule has 0 unspecified atom stereocenters. The molecule has 5 nitrogen and oxygen atoms in total. The van der Waals surface area contributed by atoms with Crippen LogP contribution in [0.1, 0.15) is 10.4 Å². The van der Waals surface area contributed by atoms with Crippen molar-refractivity contribution in [3.8, 4) is 0 Å². The fourth-order valence-corrected chi connectivity index (χ4v) is 3.80. The van der Waals surface area contributed by atoms with Gasteiger partial charge in [-0.1, -0.05) is 11.6 Å². The van der Waals surface area contributed by atoms with Crippen molar-refractivity contribution in [1.82, 2.24) is 0 Å². The number of amides is 1. The first-order chi connectivity index (χ1) is 12.8. The molecule has 0 aliphatic heterocycles. The Morgan fingerprint density at radius 3 is 1.96 bits per heavy atom. The average molecular weight is 513 g/mol. The lowest BCUT2D eigenvalue weighted by atomic mass is 10.2. The molecular weight excluding hydrogens is 499 g/mol. The van der Waals surface area contributed by atoms with Crippen molar-refractivity contribution in [1.29, 1.82) is 0 Å². The normalized spacial score (nSPS) is 11.0. The number of hydrogen-bond donors (Lipinski definition) is 2. The van der Waals surface area contributed by atoms with Crippen LogP contribution in [0.4, 0.5) is 11.4 Å². The third-order valence-electron chi connectivity index (χ3n) is 3.63. The van der Waals surface area contributed by atoms with E-state index in [0.717, 1.165) is 3.57 Å². The van der Waals surface area contributed by atoms with Gasteiger partial charge in [-0.05, 0) is 95.4 Å². The number of carbonyl (C=O) groups is 1. The van der Waals surface area contributed by atoms with Crippen molar-refractivity contribution in [2.24, 2.45) is 0 Å². The van der Waals surface area contributed by atoms with E-state index in [9.17, 15) is 13.2 Å². The highest BCUT2D eigenvalue weighted by Crippen LogP contribution is 2.20. The predicted octanol–water partition coefficient (Wildman–Crippen LogP) is 5.00. The molecule has 27 heavy (non-hydrogen) atoms. The SMILES string of the molecule is O=C(Nc1ccc(S(=O)(=O)Nc2ccc(Cl)cc2)cc1)c1ccc(I)cc1. The zero-order valence-electron chi connectivity index (χ0n) is 13.8. The molecule has 0 bridgehead atoms. The first-order valence-corrected chi connectivity index (χ1v) is 10.7. The molecule has 1 amide bonds. The Kier molecular flexibility index (Phi) is 6.03. The summed E-state index contributed by atoms with van der Waals surface area (Å²) in [4.78, 5) is 12.3. The molecule has 8 heteroatoms. The number of halogens is 2. The van der Waals surface area contributed by atoms with Gasteiger partial charge in [0.15, 0.2) is 0 Å². The minimum Gasteiger partial charge on any atom is -0.322 e. The molecule has 0 aliphatic carbocycles. The van der Waals surface area contributed by atoms with Gasteiger partial charge in [-0.3, -0.25) is 9.52 Å². The topological polar surface area (TPSA) is 75.3 Å². The maximum Gasteiger partial charge on any atom is 0.261 e. The van der Waals surface area contributed by atoms with Crippen molar-refractivity contribution in [2.45, 2.75) is 4.90 Å². The number of nitrogens with one attached hydrogen (secondary N) is 2. The summed E-state index contributed by atoms with van der Waals surface area (Å²) in [5.74, 6) is -0.263. The van der Waals surface area contributed by atoms with Gasteiger partial charge in [0.05, 0.1) is 4.90 Å². The number of carbonyl (C=O) groups excluding carboxylic acids is 1. The van der Waals surface area contributed by atoms with E-state index in [1.54, 1.807) is 48.5 Å². The number of benzene rings is 3. The van der Waals surface area contributed by atoms with Crippen LogP contribution in [0.5, 0.6) is 0 Å². The lowest BCUT2D eigenvalue weighted by Gasteiger charge is -2.10. The van der Waals surface area contributed by atoms with E-state index in [1.165, 1.54) is 12.1 Å². The second kappa shape index (κ2) is 8.28. The van der Waals surface area contributed by atoms with Gasteiger partial charge in [-0.2, -0.15) is 0 Å². The minimum atomic E-state index is -3.73. The maximum absolute atomic E-state index is 12.4. The summed E-state index contributed by atoms with van der Waals surface area (Å²) < 4.78 is 28.4. The van der Waals surface area contributed by atoms with Gasteiger partial charge >= 0.3 is 0 Å². The third-order valence-corrected chi connectivity index (χ3v) is 5.99. The first-order valence-electron chi connectivity index (χ1n) is 7.79. The molecule has 0 atom stereocenters. The van der Waals surface area contributed by atoms with Crippen LogP contribution in [0.25, 0.3) is 0 Å². The third kappa shape index (κ3) is 5.21. The number of rotatable bonds is 5. The van der Waals surface area contributed by atoms with Gasteiger partial charge in [0.25, 0.3) is 15.9 Å². The summed E-state index contributed by atoms with van der Waals surface area (Å²) in [6.45, 7) is 0. The molecule has 0 aliphatic rings. The molecule has 0 aromatic heterocycles. The summed E-state index contributed by atoms with van der Waals surface area (Å²) in [6.07, 6.45) is 0. The van der Waals surface area contributed by atoms with Gasteiger partial charge in [0.1, 0.15) is 0 Å². The lowest BCUT2D eigenvalue weighted by Crippen LogP contribution is -2.14. The molecular formula is C19H14ClIN2O3S. The summed E-state index contributed by atoms with van der Waals surface area (Å²) in [5.41, 5.74) is 1.44. The zero-order chi connectivity index (χ0) is 19.4. The molecule has 0 fully saturated rings. The maximum atomic E-state index is 12.4. The lowest BCUT2D eigenvalue weighted by molar-refractivity contribution is 0.102. The molecule has 0 saturated heterocycles. The molecule has 3 rings (SSSR count). The molecule has 0 spiro atoms. The Morgan fingerprint density at radius 2 is 1.37 bits per heavy atom. The monoisotopic (exact) mass is 512 g/mol. The summed E-state index contributed by atoms with van der Waals surface area (Å²) >= 11 is 7.96. The van der Waals surface area contributed by atoms with Crippen LogP contribution in [-0.2, 0) is 10.0 Å². The van der Waals surface area contributed by atoms with Crippen LogP contribution in [0, 0.1) is 3.57 Å². The Hall–Kier alpha value is -2.10. The van der Waals surface area contributed by atoms with Crippen LogP contribution >= 0.6 is 34.2 Å². The van der Waals surface area contributed by atoms with Crippen LogP contribution in [0.2, 0.25) is 5.02 Å². The van der Waals surface area contributed by atoms with Crippen LogP contribution in [-0.4, -0.2) is 14.3 Å². The van der Waals surface area contributed by atoms with Crippen molar-refractivity contribution < 1.29 is 13.2 Å². The Labute approximate surface area is 175 Å². The van der Waals surface area contributed by atoms with Gasteiger partial charge < -0.3 is 5.32 Å². The van der Waals surface area contributed by atoms with E-state index in [2.05, 4.69) is 32.6 Å². The van der Waals surface area contributed by atoms with E-state index in [1.807, 2.05) is 12.1 Å². The second-order valence-electron chi connectivity index (χ2n) is 5.60. The van der Waals surface area contributed by atoms with E-state index in [0.29, 0.717) is 22.0 Å². The van der Waals surface area contributed by atoms with Crippen molar-refractivity contribution >= 4 is 61.5 Å². The average Bonchev–Trinajstić information content (AvgIpc) is 2.64. The molecule has 2 N–H and O–H groups in total. The highest BCUT2D eigenvalue weighted by atomic mass is 127. The number of sulfonamides is 1. The molecule has 3 aromatic carbocycles. The van der Waals surface area contributed by atoms with Crippen LogP contribution in [0.15, 0.2) is 77.7 Å². The van der Waals surface area contributed by atoms with Crippen LogP contribution < -0.4 is 10.0 Å².